The number of ether oxygens (including phenoxy) is 1. The average Bonchev–Trinajstić information content (AvgIpc) is 2.78. The first-order valence-corrected chi connectivity index (χ1v) is 9.98. The lowest BCUT2D eigenvalue weighted by molar-refractivity contribution is -0.136. The van der Waals surface area contributed by atoms with Crippen molar-refractivity contribution in [2.75, 3.05) is 52.3 Å². The summed E-state index contributed by atoms with van der Waals surface area (Å²) >= 11 is 0. The third kappa shape index (κ3) is 5.48. The van der Waals surface area contributed by atoms with E-state index in [-0.39, 0.29) is 18.4 Å². The van der Waals surface area contributed by atoms with Crippen LogP contribution in [0.4, 0.5) is 5.69 Å². The fraction of sp³-hybridized carbons (Fsp3) is 0.409. The predicted octanol–water partition coefficient (Wildman–Crippen LogP) is 0.985. The number of methoxy groups -OCH3 is 1. The first kappa shape index (κ1) is 21.6. The molecule has 0 aliphatic carbocycles. The lowest BCUT2D eigenvalue weighted by Gasteiger charge is -2.42. The van der Waals surface area contributed by atoms with Crippen LogP contribution < -0.4 is 15.0 Å². The maximum atomic E-state index is 12.8. The van der Waals surface area contributed by atoms with E-state index in [1.807, 2.05) is 47.4 Å². The van der Waals surface area contributed by atoms with Gasteiger partial charge in [-0.15, -0.1) is 0 Å². The topological polar surface area (TPSA) is 78.0 Å². The van der Waals surface area contributed by atoms with E-state index in [1.165, 1.54) is 0 Å². The molecule has 0 radical (unpaired) electrons. The molecule has 1 aliphatic heterocycles. The molecule has 1 aromatic heterocycles. The van der Waals surface area contributed by atoms with Crippen LogP contribution in [-0.2, 0) is 16.1 Å². The average molecular weight is 412 g/mol. The summed E-state index contributed by atoms with van der Waals surface area (Å²) in [6, 6.07) is 13.0. The molecule has 1 aliphatic rings. The number of likely N-dealkylation sites (N-methyl/N-ethyl adjacent to an activating group) is 1. The number of piperazine rings is 1. The Hall–Kier alpha value is -3.13. The molecule has 2 amide bonds. The minimum atomic E-state index is -0.392. The second-order valence-electron chi connectivity index (χ2n) is 7.46. The van der Waals surface area contributed by atoms with Crippen molar-refractivity contribution >= 4 is 17.5 Å². The number of rotatable bonds is 7. The molecule has 0 spiro atoms. The second-order valence-corrected chi connectivity index (χ2v) is 7.46. The highest BCUT2D eigenvalue weighted by Crippen LogP contribution is 2.23. The molecule has 1 atom stereocenters. The van der Waals surface area contributed by atoms with Crippen molar-refractivity contribution in [1.29, 1.82) is 0 Å². The van der Waals surface area contributed by atoms with Crippen molar-refractivity contribution in [3.63, 3.8) is 0 Å². The van der Waals surface area contributed by atoms with Crippen molar-refractivity contribution in [3.05, 3.63) is 54.4 Å². The third-order valence-electron chi connectivity index (χ3n) is 5.19. The number of nitrogens with one attached hydrogen (secondary N) is 1. The Balaban J connectivity index is 1.64. The number of carbonyl (C=O) groups excluding carboxylic acids is 2. The standard InChI is InChI=1S/C22H29N5O3/c1-25(2)22(29)20-15-26(18-7-9-19(30-3)10-8-18)12-13-27(20)16-21(28)24-14-17-6-4-5-11-23-17/h4-11,20H,12-16H2,1-3H3,(H,24,28). The molecule has 0 saturated carbocycles. The van der Waals surface area contributed by atoms with Gasteiger partial charge in [-0.25, -0.2) is 0 Å². The zero-order chi connectivity index (χ0) is 21.5. The van der Waals surface area contributed by atoms with Gasteiger partial charge in [-0.3, -0.25) is 19.5 Å². The number of amides is 2. The zero-order valence-electron chi connectivity index (χ0n) is 17.7. The van der Waals surface area contributed by atoms with Crippen LogP contribution in [-0.4, -0.2) is 80.0 Å². The molecule has 1 unspecified atom stereocenters. The summed E-state index contributed by atoms with van der Waals surface area (Å²) in [5.74, 6) is 0.670. The molecule has 8 nitrogen and oxygen atoms in total. The Labute approximate surface area is 177 Å². The smallest absolute Gasteiger partial charge is 0.241 e. The summed E-state index contributed by atoms with van der Waals surface area (Å²) in [7, 11) is 5.13. The van der Waals surface area contributed by atoms with Crippen molar-refractivity contribution in [2.45, 2.75) is 12.6 Å². The quantitative estimate of drug-likeness (QED) is 0.732. The maximum absolute atomic E-state index is 12.8. The number of carbonyl (C=O) groups is 2. The van der Waals surface area contributed by atoms with E-state index in [2.05, 4.69) is 15.2 Å². The highest BCUT2D eigenvalue weighted by molar-refractivity contribution is 5.84. The predicted molar refractivity (Wildman–Crippen MR) is 115 cm³/mol. The maximum Gasteiger partial charge on any atom is 0.241 e. The Morgan fingerprint density at radius 3 is 2.57 bits per heavy atom. The molecule has 1 fully saturated rings. The second kappa shape index (κ2) is 10.1. The van der Waals surface area contributed by atoms with Gasteiger partial charge in [0.1, 0.15) is 11.8 Å². The van der Waals surface area contributed by atoms with Crippen LogP contribution in [0, 0.1) is 0 Å². The van der Waals surface area contributed by atoms with E-state index in [0.717, 1.165) is 23.7 Å². The largest absolute Gasteiger partial charge is 0.497 e. The van der Waals surface area contributed by atoms with Gasteiger partial charge in [-0.1, -0.05) is 6.07 Å². The lowest BCUT2D eigenvalue weighted by Crippen LogP contribution is -2.60. The van der Waals surface area contributed by atoms with Crippen molar-refractivity contribution < 1.29 is 14.3 Å². The number of pyridine rings is 1. The van der Waals surface area contributed by atoms with Crippen LogP contribution in [0.5, 0.6) is 5.75 Å². The van der Waals surface area contributed by atoms with Crippen LogP contribution in [0.25, 0.3) is 0 Å². The van der Waals surface area contributed by atoms with Crippen molar-refractivity contribution in [1.82, 2.24) is 20.1 Å². The molecule has 30 heavy (non-hydrogen) atoms. The van der Waals surface area contributed by atoms with E-state index in [1.54, 1.807) is 32.3 Å². The van der Waals surface area contributed by atoms with Gasteiger partial charge in [0, 0.05) is 45.6 Å². The number of benzene rings is 1. The summed E-state index contributed by atoms with van der Waals surface area (Å²) in [6.45, 7) is 2.42. The molecule has 2 heterocycles. The van der Waals surface area contributed by atoms with Crippen molar-refractivity contribution in [3.8, 4) is 5.75 Å². The van der Waals surface area contributed by atoms with Crippen LogP contribution in [0.3, 0.4) is 0 Å². The minimum Gasteiger partial charge on any atom is -0.497 e. The Morgan fingerprint density at radius 1 is 1.17 bits per heavy atom. The molecule has 1 aromatic carbocycles. The highest BCUT2D eigenvalue weighted by Gasteiger charge is 2.34. The summed E-state index contributed by atoms with van der Waals surface area (Å²) in [5.41, 5.74) is 1.84. The van der Waals surface area contributed by atoms with E-state index < -0.39 is 6.04 Å². The summed E-state index contributed by atoms with van der Waals surface area (Å²) in [5, 5.41) is 2.90. The molecule has 2 aromatic rings. The molecule has 1 saturated heterocycles. The summed E-state index contributed by atoms with van der Waals surface area (Å²) < 4.78 is 5.23. The SMILES string of the molecule is COc1ccc(N2CCN(CC(=O)NCc3ccccn3)C(C(=O)N(C)C)C2)cc1. The van der Waals surface area contributed by atoms with Gasteiger partial charge in [0.25, 0.3) is 0 Å². The highest BCUT2D eigenvalue weighted by atomic mass is 16.5. The Bertz CT molecular complexity index is 842. The molecule has 160 valence electrons. The number of aromatic nitrogens is 1. The first-order chi connectivity index (χ1) is 14.5. The van der Waals surface area contributed by atoms with Gasteiger partial charge in [0.05, 0.1) is 25.9 Å². The molecule has 3 rings (SSSR count). The normalized spacial score (nSPS) is 16.8. The minimum absolute atomic E-state index is 0.00858. The van der Waals surface area contributed by atoms with Crippen LogP contribution in [0.15, 0.2) is 48.7 Å². The molecule has 0 bridgehead atoms. The third-order valence-corrected chi connectivity index (χ3v) is 5.19. The van der Waals surface area contributed by atoms with Gasteiger partial charge < -0.3 is 19.9 Å². The van der Waals surface area contributed by atoms with E-state index >= 15 is 0 Å². The fourth-order valence-corrected chi connectivity index (χ4v) is 3.50. The first-order valence-electron chi connectivity index (χ1n) is 9.98. The monoisotopic (exact) mass is 411 g/mol. The summed E-state index contributed by atoms with van der Waals surface area (Å²) in [6.07, 6.45) is 1.70. The zero-order valence-corrected chi connectivity index (χ0v) is 17.7. The van der Waals surface area contributed by atoms with Crippen LogP contribution >= 0.6 is 0 Å². The number of hydrogen-bond acceptors (Lipinski definition) is 6. The lowest BCUT2D eigenvalue weighted by atomic mass is 10.1. The molecular weight excluding hydrogens is 382 g/mol. The van der Waals surface area contributed by atoms with E-state index in [4.69, 9.17) is 4.74 Å². The number of nitrogens with zero attached hydrogens (tertiary/aromatic N) is 4. The van der Waals surface area contributed by atoms with Crippen molar-refractivity contribution in [2.24, 2.45) is 0 Å². The number of anilines is 1. The molecule has 8 heteroatoms. The van der Waals surface area contributed by atoms with Gasteiger partial charge in [-0.05, 0) is 36.4 Å². The van der Waals surface area contributed by atoms with Gasteiger partial charge in [0.2, 0.25) is 11.8 Å². The summed E-state index contributed by atoms with van der Waals surface area (Å²) in [4.78, 5) is 35.3. The van der Waals surface area contributed by atoms with Gasteiger partial charge >= 0.3 is 0 Å². The van der Waals surface area contributed by atoms with Gasteiger partial charge in [-0.2, -0.15) is 0 Å². The number of hydrogen-bond donors (Lipinski definition) is 1. The van der Waals surface area contributed by atoms with Crippen LogP contribution in [0.1, 0.15) is 5.69 Å². The molecular formula is C22H29N5O3. The Kier molecular flexibility index (Phi) is 7.24. The van der Waals surface area contributed by atoms with Gasteiger partial charge in [0.15, 0.2) is 0 Å². The van der Waals surface area contributed by atoms with E-state index in [9.17, 15) is 9.59 Å². The van der Waals surface area contributed by atoms with E-state index in [0.29, 0.717) is 19.6 Å². The fourth-order valence-electron chi connectivity index (χ4n) is 3.50. The Morgan fingerprint density at radius 2 is 1.93 bits per heavy atom. The molecule has 1 N–H and O–H groups in total. The van der Waals surface area contributed by atoms with Crippen LogP contribution in [0.2, 0.25) is 0 Å².